The molecular formula is C14H16F3NO7S. The van der Waals surface area contributed by atoms with Crippen molar-refractivity contribution in [3.05, 3.63) is 24.0 Å². The van der Waals surface area contributed by atoms with Crippen molar-refractivity contribution >= 4 is 22.2 Å². The van der Waals surface area contributed by atoms with Crippen LogP contribution in [0.2, 0.25) is 0 Å². The zero-order chi connectivity index (χ0) is 19.9. The molecule has 3 atom stereocenters. The maximum Gasteiger partial charge on any atom is 0.534 e. The number of methoxy groups -OCH3 is 2. The minimum atomic E-state index is -5.92. The number of ether oxygens (including phenoxy) is 2. The average molecular weight is 399 g/mol. The highest BCUT2D eigenvalue weighted by Crippen LogP contribution is 2.43. The number of rotatable bonds is 4. The van der Waals surface area contributed by atoms with Gasteiger partial charge in [-0.15, -0.1) is 0 Å². The second-order valence-electron chi connectivity index (χ2n) is 5.73. The van der Waals surface area contributed by atoms with Crippen molar-refractivity contribution in [1.29, 1.82) is 0 Å². The monoisotopic (exact) mass is 399 g/mol. The summed E-state index contributed by atoms with van der Waals surface area (Å²) >= 11 is 0. The highest BCUT2D eigenvalue weighted by Gasteiger charge is 2.52. The molecule has 26 heavy (non-hydrogen) atoms. The molecule has 0 unspecified atom stereocenters. The molecule has 0 N–H and O–H groups in total. The molecule has 3 aliphatic rings. The van der Waals surface area contributed by atoms with Gasteiger partial charge in [-0.25, -0.2) is 9.59 Å². The van der Waals surface area contributed by atoms with Gasteiger partial charge in [0.15, 0.2) is 0 Å². The number of carbonyl (C=O) groups excluding carboxylic acids is 2. The molecule has 0 spiro atoms. The van der Waals surface area contributed by atoms with Crippen LogP contribution in [0.3, 0.4) is 0 Å². The molecule has 1 saturated heterocycles. The van der Waals surface area contributed by atoms with Gasteiger partial charge in [-0.3, -0.25) is 4.90 Å². The van der Waals surface area contributed by atoms with E-state index in [4.69, 9.17) is 0 Å². The van der Waals surface area contributed by atoms with Gasteiger partial charge >= 0.3 is 27.7 Å². The molecular weight excluding hydrogens is 383 g/mol. The van der Waals surface area contributed by atoms with E-state index in [1.165, 1.54) is 6.08 Å². The fourth-order valence-electron chi connectivity index (χ4n) is 3.14. The molecule has 146 valence electrons. The first-order valence-electron chi connectivity index (χ1n) is 7.27. The van der Waals surface area contributed by atoms with Gasteiger partial charge in [0.25, 0.3) is 0 Å². The fourth-order valence-corrected chi connectivity index (χ4v) is 3.64. The Bertz CT molecular complexity index is 759. The molecule has 2 heterocycles. The second-order valence-corrected chi connectivity index (χ2v) is 7.27. The van der Waals surface area contributed by atoms with Crippen molar-refractivity contribution in [2.24, 2.45) is 11.8 Å². The molecule has 2 aliphatic heterocycles. The highest BCUT2D eigenvalue weighted by atomic mass is 32.2. The fraction of sp³-hybridized carbons (Fsp3) is 0.571. The average Bonchev–Trinajstić information content (AvgIpc) is 2.58. The van der Waals surface area contributed by atoms with Crippen molar-refractivity contribution in [1.82, 2.24) is 4.90 Å². The third-order valence-electron chi connectivity index (χ3n) is 4.18. The van der Waals surface area contributed by atoms with Gasteiger partial charge in [0.05, 0.1) is 25.8 Å². The van der Waals surface area contributed by atoms with Gasteiger partial charge in [0.2, 0.25) is 0 Å². The van der Waals surface area contributed by atoms with Gasteiger partial charge in [0.1, 0.15) is 5.76 Å². The van der Waals surface area contributed by atoms with Crippen LogP contribution >= 0.6 is 0 Å². The molecule has 3 rings (SSSR count). The van der Waals surface area contributed by atoms with Crippen molar-refractivity contribution in [3.63, 3.8) is 0 Å². The summed E-state index contributed by atoms with van der Waals surface area (Å²) in [6.45, 7) is 3.42. The number of fused-ring (bicyclic) bond motifs is 2. The van der Waals surface area contributed by atoms with Crippen LogP contribution in [-0.4, -0.2) is 57.7 Å². The first-order chi connectivity index (χ1) is 11.9. The summed E-state index contributed by atoms with van der Waals surface area (Å²) in [5.41, 5.74) is -5.63. The number of halogens is 3. The summed E-state index contributed by atoms with van der Waals surface area (Å²) in [4.78, 5) is 25.1. The molecule has 12 heteroatoms. The number of piperidine rings is 1. The van der Waals surface area contributed by atoms with Crippen molar-refractivity contribution in [2.75, 3.05) is 20.8 Å². The Balaban J connectivity index is 2.37. The Morgan fingerprint density at radius 1 is 1.27 bits per heavy atom. The summed E-state index contributed by atoms with van der Waals surface area (Å²) in [5, 5.41) is 0. The Morgan fingerprint density at radius 3 is 2.38 bits per heavy atom. The number of nitrogens with zero attached hydrogens (tertiary/aromatic N) is 1. The van der Waals surface area contributed by atoms with Crippen molar-refractivity contribution in [2.45, 2.75) is 18.0 Å². The lowest BCUT2D eigenvalue weighted by Gasteiger charge is -2.47. The van der Waals surface area contributed by atoms with Gasteiger partial charge in [-0.05, 0) is 12.3 Å². The predicted molar refractivity (Wildman–Crippen MR) is 79.8 cm³/mol. The van der Waals surface area contributed by atoms with Crippen LogP contribution in [0.1, 0.15) is 6.42 Å². The summed E-state index contributed by atoms with van der Waals surface area (Å²) < 4.78 is 73.5. The number of alkyl halides is 3. The first kappa shape index (κ1) is 20.1. The normalized spacial score (nSPS) is 25.3. The molecule has 1 aliphatic carbocycles. The topological polar surface area (TPSA) is 99.2 Å². The number of hydrogen-bond donors (Lipinski definition) is 0. The van der Waals surface area contributed by atoms with E-state index in [1.807, 2.05) is 0 Å². The Hall–Kier alpha value is -2.24. The lowest BCUT2D eigenvalue weighted by Crippen LogP contribution is -2.57. The van der Waals surface area contributed by atoms with E-state index in [2.05, 4.69) is 20.2 Å². The SMILES string of the molecule is C=C(OS(=O)(=O)C(F)(F)F)[C@H]1C[C@H]2C=C(C(=O)OC)[C@@H]1N(C(=O)OC)C2. The van der Waals surface area contributed by atoms with Gasteiger partial charge < -0.3 is 13.7 Å². The van der Waals surface area contributed by atoms with Gasteiger partial charge in [0, 0.05) is 12.5 Å². The van der Waals surface area contributed by atoms with Crippen molar-refractivity contribution in [3.8, 4) is 0 Å². The van der Waals surface area contributed by atoms with Crippen LogP contribution < -0.4 is 0 Å². The van der Waals surface area contributed by atoms with E-state index >= 15 is 0 Å². The number of carbonyl (C=O) groups is 2. The summed E-state index contributed by atoms with van der Waals surface area (Å²) in [5.74, 6) is -3.03. The molecule has 2 bridgehead atoms. The van der Waals surface area contributed by atoms with E-state index in [9.17, 15) is 31.2 Å². The van der Waals surface area contributed by atoms with E-state index in [-0.39, 0.29) is 18.5 Å². The maximum absolute atomic E-state index is 12.5. The quantitative estimate of drug-likeness (QED) is 0.306. The van der Waals surface area contributed by atoms with Crippen LogP contribution in [-0.2, 0) is 28.6 Å². The van der Waals surface area contributed by atoms with Gasteiger partial charge in [-0.1, -0.05) is 12.7 Å². The lowest BCUT2D eigenvalue weighted by molar-refractivity contribution is -0.137. The zero-order valence-corrected chi connectivity index (χ0v) is 14.6. The molecule has 1 fully saturated rings. The minimum absolute atomic E-state index is 0.000411. The number of esters is 1. The number of amides is 1. The van der Waals surface area contributed by atoms with Crippen LogP contribution in [0.25, 0.3) is 0 Å². The predicted octanol–water partition coefficient (Wildman–Crippen LogP) is 1.55. The molecule has 0 aromatic rings. The van der Waals surface area contributed by atoms with Crippen LogP contribution in [0.5, 0.6) is 0 Å². The molecule has 8 nitrogen and oxygen atoms in total. The summed E-state index contributed by atoms with van der Waals surface area (Å²) in [6, 6.07) is -1.11. The minimum Gasteiger partial charge on any atom is -0.466 e. The number of hydrogen-bond acceptors (Lipinski definition) is 7. The third kappa shape index (κ3) is 3.50. The van der Waals surface area contributed by atoms with Crippen LogP contribution in [0.15, 0.2) is 24.0 Å². The standard InChI is InChI=1S/C14H16F3NO7S/c1-7(25-26(21,22)14(15,16)17)9-4-8-5-10(12(19)23-2)11(9)18(6-8)13(20)24-3/h5,8-9,11H,1,4,6H2,2-3H3/t8-,9+,11+/m0/s1. The molecule has 0 aromatic heterocycles. The maximum atomic E-state index is 12.5. The highest BCUT2D eigenvalue weighted by molar-refractivity contribution is 7.87. The molecule has 0 saturated carbocycles. The van der Waals surface area contributed by atoms with E-state index in [0.29, 0.717) is 0 Å². The molecule has 0 radical (unpaired) electrons. The second kappa shape index (κ2) is 6.82. The van der Waals surface area contributed by atoms with Gasteiger partial charge in [-0.2, -0.15) is 21.6 Å². The molecule has 0 aromatic carbocycles. The Labute approximate surface area is 147 Å². The smallest absolute Gasteiger partial charge is 0.466 e. The van der Waals surface area contributed by atoms with E-state index in [1.54, 1.807) is 0 Å². The zero-order valence-electron chi connectivity index (χ0n) is 13.8. The Kier molecular flexibility index (Phi) is 5.26. The van der Waals surface area contributed by atoms with Crippen molar-refractivity contribution < 1.29 is 44.8 Å². The summed E-state index contributed by atoms with van der Waals surface area (Å²) in [7, 11) is -3.72. The first-order valence-corrected chi connectivity index (χ1v) is 8.68. The largest absolute Gasteiger partial charge is 0.534 e. The third-order valence-corrected chi connectivity index (χ3v) is 5.18. The van der Waals surface area contributed by atoms with Crippen LogP contribution in [0.4, 0.5) is 18.0 Å². The summed E-state index contributed by atoms with van der Waals surface area (Å²) in [6.07, 6.45) is 0.855. The lowest BCUT2D eigenvalue weighted by atomic mass is 9.72. The van der Waals surface area contributed by atoms with Crippen LogP contribution in [0, 0.1) is 11.8 Å². The Morgan fingerprint density at radius 2 is 1.88 bits per heavy atom. The van der Waals surface area contributed by atoms with E-state index in [0.717, 1.165) is 19.1 Å². The molecule has 1 amide bonds. The van der Waals surface area contributed by atoms with E-state index < -0.39 is 51.3 Å².